The lowest BCUT2D eigenvalue weighted by atomic mass is 10.2. The zero-order chi connectivity index (χ0) is 14.3. The highest BCUT2D eigenvalue weighted by molar-refractivity contribution is 5.94. The molecule has 0 bridgehead atoms. The van der Waals surface area contributed by atoms with Crippen LogP contribution in [-0.2, 0) is 11.2 Å². The first-order valence-electron chi connectivity index (χ1n) is 5.41. The van der Waals surface area contributed by atoms with Gasteiger partial charge in [-0.3, -0.25) is 9.69 Å². The Kier molecular flexibility index (Phi) is 3.19. The standard InChI is InChI=1S/C11H9F5N2O/c12-10(13,11(14,15)16)6-8(19)18-5-3-7-2-1-4-17-9(7)18/h1-2,4H,3,5-6H2. The third-order valence-corrected chi connectivity index (χ3v) is 2.82. The fourth-order valence-electron chi connectivity index (χ4n) is 1.84. The molecule has 0 spiro atoms. The Morgan fingerprint density at radius 3 is 2.63 bits per heavy atom. The molecule has 1 aromatic heterocycles. The van der Waals surface area contributed by atoms with E-state index >= 15 is 0 Å². The number of aromatic nitrogens is 1. The van der Waals surface area contributed by atoms with Crippen LogP contribution in [0.2, 0.25) is 0 Å². The van der Waals surface area contributed by atoms with Crippen molar-refractivity contribution in [2.45, 2.75) is 24.9 Å². The zero-order valence-corrected chi connectivity index (χ0v) is 9.55. The zero-order valence-electron chi connectivity index (χ0n) is 9.55. The van der Waals surface area contributed by atoms with Crippen LogP contribution in [0.1, 0.15) is 12.0 Å². The van der Waals surface area contributed by atoms with E-state index in [0.29, 0.717) is 12.0 Å². The van der Waals surface area contributed by atoms with Gasteiger partial charge in [-0.15, -0.1) is 0 Å². The molecule has 2 heterocycles. The van der Waals surface area contributed by atoms with Crippen LogP contribution in [0.4, 0.5) is 27.8 Å². The van der Waals surface area contributed by atoms with E-state index in [0.717, 1.165) is 4.90 Å². The van der Waals surface area contributed by atoms with Gasteiger partial charge in [-0.05, 0) is 18.1 Å². The monoisotopic (exact) mass is 280 g/mol. The second kappa shape index (κ2) is 4.43. The number of carbonyl (C=O) groups is 1. The molecule has 1 aromatic rings. The summed E-state index contributed by atoms with van der Waals surface area (Å²) in [5.41, 5.74) is 0.658. The van der Waals surface area contributed by atoms with Crippen molar-refractivity contribution >= 4 is 11.7 Å². The quantitative estimate of drug-likeness (QED) is 0.780. The van der Waals surface area contributed by atoms with Crippen molar-refractivity contribution in [3.8, 4) is 0 Å². The summed E-state index contributed by atoms with van der Waals surface area (Å²) in [5.74, 6) is -6.15. The molecule has 1 aliphatic heterocycles. The molecule has 1 aliphatic rings. The summed E-state index contributed by atoms with van der Waals surface area (Å²) in [7, 11) is 0. The van der Waals surface area contributed by atoms with E-state index in [-0.39, 0.29) is 12.4 Å². The minimum atomic E-state index is -5.73. The summed E-state index contributed by atoms with van der Waals surface area (Å²) in [4.78, 5) is 16.3. The maximum atomic E-state index is 12.8. The van der Waals surface area contributed by atoms with Crippen molar-refractivity contribution in [1.82, 2.24) is 4.98 Å². The maximum Gasteiger partial charge on any atom is 0.453 e. The van der Waals surface area contributed by atoms with Gasteiger partial charge in [0.2, 0.25) is 5.91 Å². The Hall–Kier alpha value is -1.73. The smallest absolute Gasteiger partial charge is 0.296 e. The van der Waals surface area contributed by atoms with Crippen molar-refractivity contribution in [2.24, 2.45) is 0 Å². The lowest BCUT2D eigenvalue weighted by Crippen LogP contribution is -2.42. The molecule has 0 N–H and O–H groups in total. The number of hydrogen-bond donors (Lipinski definition) is 0. The van der Waals surface area contributed by atoms with Gasteiger partial charge in [0.25, 0.3) is 0 Å². The molecule has 8 heteroatoms. The number of halogens is 5. The molecule has 0 aliphatic carbocycles. The Labute approximate surface area is 105 Å². The van der Waals surface area contributed by atoms with E-state index in [1.54, 1.807) is 12.1 Å². The average Bonchev–Trinajstić information content (AvgIpc) is 2.70. The van der Waals surface area contributed by atoms with Crippen LogP contribution >= 0.6 is 0 Å². The van der Waals surface area contributed by atoms with Gasteiger partial charge in [0.05, 0.1) is 0 Å². The van der Waals surface area contributed by atoms with Gasteiger partial charge in [0, 0.05) is 12.7 Å². The Balaban J connectivity index is 2.15. The van der Waals surface area contributed by atoms with E-state index in [1.165, 1.54) is 6.20 Å². The number of fused-ring (bicyclic) bond motifs is 1. The number of rotatable bonds is 2. The molecule has 0 aromatic carbocycles. The third-order valence-electron chi connectivity index (χ3n) is 2.82. The van der Waals surface area contributed by atoms with Crippen LogP contribution in [0.5, 0.6) is 0 Å². The highest BCUT2D eigenvalue weighted by atomic mass is 19.4. The van der Waals surface area contributed by atoms with E-state index < -0.39 is 24.4 Å². The number of pyridine rings is 1. The molecule has 3 nitrogen and oxygen atoms in total. The summed E-state index contributed by atoms with van der Waals surface area (Å²) in [6.45, 7) is 0.0686. The van der Waals surface area contributed by atoms with Gasteiger partial charge in [-0.25, -0.2) is 4.98 Å². The van der Waals surface area contributed by atoms with Crippen LogP contribution in [0.25, 0.3) is 0 Å². The van der Waals surface area contributed by atoms with Gasteiger partial charge in [-0.1, -0.05) is 6.07 Å². The van der Waals surface area contributed by atoms with Crippen LogP contribution in [0.15, 0.2) is 18.3 Å². The van der Waals surface area contributed by atoms with Gasteiger partial charge in [-0.2, -0.15) is 22.0 Å². The fourth-order valence-corrected chi connectivity index (χ4v) is 1.84. The Morgan fingerprint density at radius 2 is 2.00 bits per heavy atom. The number of hydrogen-bond acceptors (Lipinski definition) is 2. The largest absolute Gasteiger partial charge is 0.453 e. The Morgan fingerprint density at radius 1 is 1.32 bits per heavy atom. The first kappa shape index (κ1) is 13.7. The van der Waals surface area contributed by atoms with Crippen LogP contribution in [0.3, 0.4) is 0 Å². The number of amides is 1. The van der Waals surface area contributed by atoms with E-state index in [4.69, 9.17) is 0 Å². The second-order valence-corrected chi connectivity index (χ2v) is 4.16. The molecule has 0 fully saturated rings. The van der Waals surface area contributed by atoms with Crippen molar-refractivity contribution in [3.05, 3.63) is 23.9 Å². The fraction of sp³-hybridized carbons (Fsp3) is 0.455. The summed E-state index contributed by atoms with van der Waals surface area (Å²) in [6.07, 6.45) is -5.87. The Bertz CT molecular complexity index is 500. The van der Waals surface area contributed by atoms with Crippen molar-refractivity contribution < 1.29 is 26.7 Å². The number of alkyl halides is 5. The first-order chi connectivity index (χ1) is 8.72. The van der Waals surface area contributed by atoms with E-state index in [2.05, 4.69) is 4.98 Å². The molecule has 0 radical (unpaired) electrons. The summed E-state index contributed by atoms with van der Waals surface area (Å²) < 4.78 is 61.8. The van der Waals surface area contributed by atoms with E-state index in [9.17, 15) is 26.7 Å². The summed E-state index contributed by atoms with van der Waals surface area (Å²) in [5, 5.41) is 0. The number of anilines is 1. The molecule has 0 saturated heterocycles. The van der Waals surface area contributed by atoms with E-state index in [1.807, 2.05) is 0 Å². The predicted octanol–water partition coefficient (Wildman–Crippen LogP) is 2.56. The molecule has 1 amide bonds. The molecule has 0 saturated carbocycles. The normalized spacial score (nSPS) is 15.5. The lowest BCUT2D eigenvalue weighted by molar-refractivity contribution is -0.281. The average molecular weight is 280 g/mol. The van der Waals surface area contributed by atoms with Crippen LogP contribution < -0.4 is 4.90 Å². The molecule has 0 unspecified atom stereocenters. The van der Waals surface area contributed by atoms with Crippen molar-refractivity contribution in [1.29, 1.82) is 0 Å². The predicted molar refractivity (Wildman–Crippen MR) is 55.9 cm³/mol. The molecular weight excluding hydrogens is 271 g/mol. The highest BCUT2D eigenvalue weighted by Crippen LogP contribution is 2.39. The van der Waals surface area contributed by atoms with Crippen LogP contribution in [-0.4, -0.2) is 29.5 Å². The summed E-state index contributed by atoms with van der Waals surface area (Å²) in [6, 6.07) is 3.26. The summed E-state index contributed by atoms with van der Waals surface area (Å²) >= 11 is 0. The van der Waals surface area contributed by atoms with Crippen molar-refractivity contribution in [3.63, 3.8) is 0 Å². The number of carbonyl (C=O) groups excluding carboxylic acids is 1. The minimum Gasteiger partial charge on any atom is -0.296 e. The minimum absolute atomic E-state index is 0.0686. The SMILES string of the molecule is O=C(CC(F)(F)C(F)(F)F)N1CCc2cccnc21. The molecule has 19 heavy (non-hydrogen) atoms. The van der Waals surface area contributed by atoms with Crippen molar-refractivity contribution in [2.75, 3.05) is 11.4 Å². The highest BCUT2D eigenvalue weighted by Gasteiger charge is 2.59. The van der Waals surface area contributed by atoms with Gasteiger partial charge in [0.1, 0.15) is 12.2 Å². The lowest BCUT2D eigenvalue weighted by Gasteiger charge is -2.22. The molecular formula is C11H9F5N2O. The first-order valence-corrected chi connectivity index (χ1v) is 5.41. The number of nitrogens with zero attached hydrogens (tertiary/aromatic N) is 2. The molecule has 0 atom stereocenters. The van der Waals surface area contributed by atoms with Gasteiger partial charge >= 0.3 is 12.1 Å². The topological polar surface area (TPSA) is 33.2 Å². The van der Waals surface area contributed by atoms with Crippen LogP contribution in [0, 0.1) is 0 Å². The second-order valence-electron chi connectivity index (χ2n) is 4.16. The van der Waals surface area contributed by atoms with Gasteiger partial charge in [0.15, 0.2) is 0 Å². The maximum absolute atomic E-state index is 12.8. The third kappa shape index (κ3) is 2.52. The van der Waals surface area contributed by atoms with Gasteiger partial charge < -0.3 is 0 Å². The molecule has 104 valence electrons. The molecule has 2 rings (SSSR count).